The average molecular weight is 414 g/mol. The van der Waals surface area contributed by atoms with Gasteiger partial charge in [0.25, 0.3) is 5.91 Å². The van der Waals surface area contributed by atoms with Crippen molar-refractivity contribution in [1.82, 2.24) is 19.5 Å². The molecule has 1 N–H and O–H groups in total. The highest BCUT2D eigenvalue weighted by atomic mass is 32.1. The van der Waals surface area contributed by atoms with Crippen LogP contribution >= 0.6 is 11.5 Å². The summed E-state index contributed by atoms with van der Waals surface area (Å²) in [6.07, 6.45) is 3.29. The number of benzene rings is 1. The standard InChI is InChI=1S/C21H27N5O2S/c1-2-7-25-10-11-26(21(25)28)15-3-4-18-16(12-15)19(23-29-18)20(27)22-17-13-24-8-5-14(17)6-9-24/h3-4,12,14,17H,2,5-11,13H2,1H3,(H,22,27)/t17-/m1/s1. The van der Waals surface area contributed by atoms with Gasteiger partial charge in [0.05, 0.1) is 4.70 Å². The number of rotatable bonds is 5. The van der Waals surface area contributed by atoms with E-state index in [4.69, 9.17) is 0 Å². The molecule has 0 unspecified atom stereocenters. The van der Waals surface area contributed by atoms with E-state index in [1.54, 1.807) is 0 Å². The van der Waals surface area contributed by atoms with Crippen molar-refractivity contribution in [3.8, 4) is 0 Å². The van der Waals surface area contributed by atoms with Gasteiger partial charge in [-0.25, -0.2) is 4.79 Å². The Balaban J connectivity index is 1.37. The number of hydrogen-bond acceptors (Lipinski definition) is 5. The molecule has 6 rings (SSSR count). The Morgan fingerprint density at radius 2 is 2.07 bits per heavy atom. The number of nitrogens with zero attached hydrogens (tertiary/aromatic N) is 4. The summed E-state index contributed by atoms with van der Waals surface area (Å²) in [5.41, 5.74) is 1.33. The SMILES string of the molecule is CCCN1CCN(c2ccc3snc(C(=O)N[C@@H]4CN5CCC4CC5)c3c2)C1=O. The number of anilines is 1. The number of urea groups is 1. The fourth-order valence-electron chi connectivity index (χ4n) is 4.92. The van der Waals surface area contributed by atoms with Crippen molar-refractivity contribution in [2.45, 2.75) is 32.2 Å². The first kappa shape index (κ1) is 18.8. The van der Waals surface area contributed by atoms with E-state index in [1.165, 1.54) is 11.5 Å². The Bertz CT molecular complexity index is 936. The molecule has 1 aromatic carbocycles. The molecule has 0 spiro atoms. The normalized spacial score (nSPS) is 26.5. The van der Waals surface area contributed by atoms with Crippen molar-refractivity contribution >= 4 is 39.2 Å². The van der Waals surface area contributed by atoms with Crippen molar-refractivity contribution in [3.63, 3.8) is 0 Å². The fraction of sp³-hybridized carbons (Fsp3) is 0.571. The molecule has 0 radical (unpaired) electrons. The van der Waals surface area contributed by atoms with Gasteiger partial charge in [0.1, 0.15) is 5.69 Å². The highest BCUT2D eigenvalue weighted by Crippen LogP contribution is 2.31. The van der Waals surface area contributed by atoms with E-state index in [-0.39, 0.29) is 18.0 Å². The molecule has 1 aromatic heterocycles. The zero-order valence-electron chi connectivity index (χ0n) is 16.8. The van der Waals surface area contributed by atoms with Crippen LogP contribution in [-0.2, 0) is 0 Å². The van der Waals surface area contributed by atoms with Gasteiger partial charge in [-0.15, -0.1) is 0 Å². The van der Waals surface area contributed by atoms with Gasteiger partial charge < -0.3 is 15.1 Å². The highest BCUT2D eigenvalue weighted by molar-refractivity contribution is 7.13. The quantitative estimate of drug-likeness (QED) is 0.818. The second-order valence-corrected chi connectivity index (χ2v) is 9.16. The predicted molar refractivity (Wildman–Crippen MR) is 115 cm³/mol. The number of hydrogen-bond donors (Lipinski definition) is 1. The Morgan fingerprint density at radius 1 is 1.24 bits per heavy atom. The minimum atomic E-state index is -0.0903. The molecule has 5 heterocycles. The molecule has 3 amide bonds. The fourth-order valence-corrected chi connectivity index (χ4v) is 5.68. The summed E-state index contributed by atoms with van der Waals surface area (Å²) >= 11 is 1.35. The smallest absolute Gasteiger partial charge is 0.324 e. The largest absolute Gasteiger partial charge is 0.346 e. The number of carbonyl (C=O) groups excluding carboxylic acids is 2. The molecule has 2 aromatic rings. The molecule has 29 heavy (non-hydrogen) atoms. The maximum atomic E-state index is 13.0. The molecule has 8 heteroatoms. The van der Waals surface area contributed by atoms with E-state index in [2.05, 4.69) is 21.5 Å². The molecule has 2 bridgehead atoms. The van der Waals surface area contributed by atoms with Crippen molar-refractivity contribution in [2.75, 3.05) is 44.2 Å². The summed E-state index contributed by atoms with van der Waals surface area (Å²) < 4.78 is 5.43. The molecule has 4 aliphatic rings. The topological polar surface area (TPSA) is 68.8 Å². The molecule has 4 saturated heterocycles. The van der Waals surface area contributed by atoms with E-state index in [9.17, 15) is 9.59 Å². The van der Waals surface area contributed by atoms with Crippen LogP contribution in [0.1, 0.15) is 36.7 Å². The van der Waals surface area contributed by atoms with Crippen molar-refractivity contribution < 1.29 is 9.59 Å². The number of carbonyl (C=O) groups is 2. The van der Waals surface area contributed by atoms with E-state index in [1.807, 2.05) is 28.0 Å². The van der Waals surface area contributed by atoms with Gasteiger partial charge in [0.15, 0.2) is 0 Å². The van der Waals surface area contributed by atoms with E-state index in [0.717, 1.165) is 67.8 Å². The van der Waals surface area contributed by atoms with Gasteiger partial charge in [0, 0.05) is 43.3 Å². The predicted octanol–water partition coefficient (Wildman–Crippen LogP) is 2.77. The van der Waals surface area contributed by atoms with Crippen LogP contribution in [0.2, 0.25) is 0 Å². The Hall–Kier alpha value is -2.19. The summed E-state index contributed by atoms with van der Waals surface area (Å²) in [7, 11) is 0. The summed E-state index contributed by atoms with van der Waals surface area (Å²) in [5.74, 6) is 0.490. The summed E-state index contributed by atoms with van der Waals surface area (Å²) in [5, 5.41) is 4.08. The van der Waals surface area contributed by atoms with Gasteiger partial charge in [-0.05, 0) is 68.0 Å². The molecule has 1 atom stereocenters. The second-order valence-electron chi connectivity index (χ2n) is 8.35. The van der Waals surface area contributed by atoms with Crippen LogP contribution < -0.4 is 10.2 Å². The highest BCUT2D eigenvalue weighted by Gasteiger charge is 2.35. The lowest BCUT2D eigenvalue weighted by Crippen LogP contribution is -2.57. The molecule has 4 fully saturated rings. The summed E-state index contributed by atoms with van der Waals surface area (Å²) in [6.45, 7) is 7.55. The maximum Gasteiger partial charge on any atom is 0.324 e. The van der Waals surface area contributed by atoms with Crippen LogP contribution in [-0.4, -0.2) is 71.4 Å². The lowest BCUT2D eigenvalue weighted by molar-refractivity contribution is 0.0619. The number of nitrogens with one attached hydrogen (secondary N) is 1. The second kappa shape index (κ2) is 7.57. The number of aromatic nitrogens is 1. The zero-order chi connectivity index (χ0) is 20.0. The maximum absolute atomic E-state index is 13.0. The van der Waals surface area contributed by atoms with Gasteiger partial charge in [-0.1, -0.05) is 6.92 Å². The summed E-state index contributed by atoms with van der Waals surface area (Å²) in [4.78, 5) is 31.8. The van der Waals surface area contributed by atoms with Gasteiger partial charge >= 0.3 is 6.03 Å². The number of amides is 3. The molecule has 4 aliphatic heterocycles. The van der Waals surface area contributed by atoms with Crippen molar-refractivity contribution in [3.05, 3.63) is 23.9 Å². The first-order chi connectivity index (χ1) is 14.1. The summed E-state index contributed by atoms with van der Waals surface area (Å²) in [6, 6.07) is 6.16. The Morgan fingerprint density at radius 3 is 2.79 bits per heavy atom. The molecule has 0 saturated carbocycles. The minimum Gasteiger partial charge on any atom is -0.346 e. The lowest BCUT2D eigenvalue weighted by Gasteiger charge is -2.44. The van der Waals surface area contributed by atoms with Crippen LogP contribution in [0.15, 0.2) is 18.2 Å². The number of fused-ring (bicyclic) bond motifs is 4. The first-order valence-corrected chi connectivity index (χ1v) is 11.4. The van der Waals surface area contributed by atoms with Crippen molar-refractivity contribution in [1.29, 1.82) is 0 Å². The molecule has 0 aliphatic carbocycles. The number of piperidine rings is 3. The van der Waals surface area contributed by atoms with Gasteiger partial charge in [-0.2, -0.15) is 4.37 Å². The molecular formula is C21H27N5O2S. The average Bonchev–Trinajstić information content (AvgIpc) is 3.32. The van der Waals surface area contributed by atoms with Gasteiger partial charge in [-0.3, -0.25) is 9.69 Å². The molecular weight excluding hydrogens is 386 g/mol. The molecule has 7 nitrogen and oxygen atoms in total. The Kier molecular flexibility index (Phi) is 4.91. The minimum absolute atomic E-state index is 0.0488. The van der Waals surface area contributed by atoms with Crippen LogP contribution in [0.25, 0.3) is 10.1 Å². The van der Waals surface area contributed by atoms with Crippen molar-refractivity contribution in [2.24, 2.45) is 5.92 Å². The van der Waals surface area contributed by atoms with Crippen LogP contribution in [0.4, 0.5) is 10.5 Å². The van der Waals surface area contributed by atoms with E-state index in [0.29, 0.717) is 18.2 Å². The third-order valence-corrected chi connectivity index (χ3v) is 7.37. The lowest BCUT2D eigenvalue weighted by atomic mass is 9.84. The first-order valence-electron chi connectivity index (χ1n) is 10.6. The third-order valence-electron chi connectivity index (χ3n) is 6.54. The van der Waals surface area contributed by atoms with Crippen LogP contribution in [0.3, 0.4) is 0 Å². The van der Waals surface area contributed by atoms with Crippen LogP contribution in [0.5, 0.6) is 0 Å². The Labute approximate surface area is 174 Å². The van der Waals surface area contributed by atoms with E-state index >= 15 is 0 Å². The zero-order valence-corrected chi connectivity index (χ0v) is 17.6. The van der Waals surface area contributed by atoms with Gasteiger partial charge in [0.2, 0.25) is 0 Å². The molecule has 154 valence electrons. The monoisotopic (exact) mass is 413 g/mol. The van der Waals surface area contributed by atoms with E-state index < -0.39 is 0 Å². The van der Waals surface area contributed by atoms with Crippen LogP contribution in [0, 0.1) is 5.92 Å². The third kappa shape index (κ3) is 3.38.